The molecule has 2 aromatic carbocycles. The van der Waals surface area contributed by atoms with Crippen LogP contribution in [0.5, 0.6) is 5.75 Å². The predicted molar refractivity (Wildman–Crippen MR) is 119 cm³/mol. The third-order valence-corrected chi connectivity index (χ3v) is 6.52. The number of hydrogen-bond acceptors (Lipinski definition) is 4. The number of ether oxygens (including phenoxy) is 1. The number of hydrogen-bond donors (Lipinski definition) is 1. The second kappa shape index (κ2) is 8.78. The molecule has 2 aliphatic heterocycles. The molecule has 2 N–H and O–H groups in total. The lowest BCUT2D eigenvalue weighted by atomic mass is 9.90. The maximum atomic E-state index is 13.4. The lowest BCUT2D eigenvalue weighted by molar-refractivity contribution is -0.136. The highest BCUT2D eigenvalue weighted by Gasteiger charge is 2.42. The highest BCUT2D eigenvalue weighted by Crippen LogP contribution is 2.36. The Labute approximate surface area is 179 Å². The van der Waals surface area contributed by atoms with E-state index in [1.807, 2.05) is 35.2 Å². The van der Waals surface area contributed by atoms with Crippen molar-refractivity contribution in [2.75, 3.05) is 26.2 Å². The first-order chi connectivity index (χ1) is 14.5. The first-order valence-corrected chi connectivity index (χ1v) is 11.1. The zero-order chi connectivity index (χ0) is 21.1. The summed E-state index contributed by atoms with van der Waals surface area (Å²) in [7, 11) is 0. The third-order valence-electron chi connectivity index (χ3n) is 6.52. The van der Waals surface area contributed by atoms with Gasteiger partial charge in [-0.3, -0.25) is 4.79 Å². The predicted octanol–water partition coefficient (Wildman–Crippen LogP) is 3.14. The van der Waals surface area contributed by atoms with Gasteiger partial charge in [0.2, 0.25) is 5.91 Å². The molecule has 0 saturated carbocycles. The number of likely N-dealkylation sites (tertiary alicyclic amines) is 1. The number of nitrogens with zero attached hydrogens (tertiary/aromatic N) is 2. The van der Waals surface area contributed by atoms with E-state index in [0.717, 1.165) is 49.4 Å². The van der Waals surface area contributed by atoms with Crippen LogP contribution in [0.15, 0.2) is 48.5 Å². The molecule has 160 valence electrons. The van der Waals surface area contributed by atoms with Crippen LogP contribution in [0.1, 0.15) is 36.5 Å². The van der Waals surface area contributed by atoms with E-state index in [1.54, 1.807) is 0 Å². The number of amides is 1. The number of carbonyl (C=O) groups is 1. The van der Waals surface area contributed by atoms with E-state index in [9.17, 15) is 4.79 Å². The Balaban J connectivity index is 1.59. The summed E-state index contributed by atoms with van der Waals surface area (Å²) in [6.07, 6.45) is 2.39. The van der Waals surface area contributed by atoms with Crippen LogP contribution < -0.4 is 10.5 Å². The van der Waals surface area contributed by atoms with Crippen molar-refractivity contribution in [3.05, 3.63) is 65.2 Å². The van der Waals surface area contributed by atoms with Crippen LogP contribution in [0.25, 0.3) is 0 Å². The summed E-state index contributed by atoms with van der Waals surface area (Å²) in [4.78, 5) is 17.8. The molecule has 1 atom stereocenters. The molecule has 1 spiro atoms. The fourth-order valence-corrected chi connectivity index (χ4v) is 4.69. The maximum absolute atomic E-state index is 13.4. The minimum absolute atomic E-state index is 0.00843. The topological polar surface area (TPSA) is 58.8 Å². The minimum atomic E-state index is -0.549. The van der Waals surface area contributed by atoms with Gasteiger partial charge in [-0.25, -0.2) is 0 Å². The SMILES string of the molecule is CCN1CCC2(CC1)CN(C(=O)[C@@H](N)Cc1ccccc1)Cc1cc(C)ccc1O2. The van der Waals surface area contributed by atoms with Gasteiger partial charge in [0, 0.05) is 38.0 Å². The number of piperidine rings is 1. The van der Waals surface area contributed by atoms with E-state index in [-0.39, 0.29) is 11.5 Å². The Morgan fingerprint density at radius 2 is 1.90 bits per heavy atom. The fraction of sp³-hybridized carbons (Fsp3) is 0.480. The van der Waals surface area contributed by atoms with Gasteiger partial charge in [-0.15, -0.1) is 0 Å². The summed E-state index contributed by atoms with van der Waals surface area (Å²) >= 11 is 0. The van der Waals surface area contributed by atoms with E-state index in [4.69, 9.17) is 10.5 Å². The molecule has 0 unspecified atom stereocenters. The van der Waals surface area contributed by atoms with Gasteiger partial charge in [-0.2, -0.15) is 0 Å². The van der Waals surface area contributed by atoms with Crippen LogP contribution in [-0.4, -0.2) is 53.5 Å². The molecule has 30 heavy (non-hydrogen) atoms. The molecule has 2 aliphatic rings. The Morgan fingerprint density at radius 3 is 2.60 bits per heavy atom. The zero-order valence-corrected chi connectivity index (χ0v) is 18.1. The average molecular weight is 408 g/mol. The molecule has 5 heteroatoms. The maximum Gasteiger partial charge on any atom is 0.240 e. The van der Waals surface area contributed by atoms with Crippen molar-refractivity contribution in [3.63, 3.8) is 0 Å². The van der Waals surface area contributed by atoms with Crippen molar-refractivity contribution in [2.45, 2.75) is 51.3 Å². The first-order valence-electron chi connectivity index (χ1n) is 11.1. The van der Waals surface area contributed by atoms with Gasteiger partial charge < -0.3 is 20.3 Å². The number of rotatable bonds is 4. The molecule has 0 bridgehead atoms. The third kappa shape index (κ3) is 4.52. The zero-order valence-electron chi connectivity index (χ0n) is 18.1. The number of benzene rings is 2. The van der Waals surface area contributed by atoms with Crippen LogP contribution >= 0.6 is 0 Å². The quantitative estimate of drug-likeness (QED) is 0.846. The molecule has 0 aromatic heterocycles. The van der Waals surface area contributed by atoms with Gasteiger partial charge >= 0.3 is 0 Å². The summed E-state index contributed by atoms with van der Waals surface area (Å²) in [6.45, 7) is 8.47. The van der Waals surface area contributed by atoms with Crippen molar-refractivity contribution in [2.24, 2.45) is 5.73 Å². The van der Waals surface area contributed by atoms with E-state index < -0.39 is 6.04 Å². The average Bonchev–Trinajstić information content (AvgIpc) is 2.91. The molecule has 5 nitrogen and oxygen atoms in total. The Hall–Kier alpha value is -2.37. The number of fused-ring (bicyclic) bond motifs is 1. The molecule has 1 fully saturated rings. The van der Waals surface area contributed by atoms with Gasteiger partial charge in [0.25, 0.3) is 0 Å². The van der Waals surface area contributed by atoms with E-state index in [2.05, 4.69) is 36.9 Å². The van der Waals surface area contributed by atoms with Crippen LogP contribution in [0.4, 0.5) is 0 Å². The summed E-state index contributed by atoms with van der Waals surface area (Å²) < 4.78 is 6.65. The van der Waals surface area contributed by atoms with E-state index >= 15 is 0 Å². The molecule has 1 amide bonds. The Morgan fingerprint density at radius 1 is 1.17 bits per heavy atom. The van der Waals surface area contributed by atoms with Crippen molar-refractivity contribution in [3.8, 4) is 5.75 Å². The minimum Gasteiger partial charge on any atom is -0.485 e. The largest absolute Gasteiger partial charge is 0.485 e. The lowest BCUT2D eigenvalue weighted by Crippen LogP contribution is -2.56. The summed E-state index contributed by atoms with van der Waals surface area (Å²) in [5, 5.41) is 0. The van der Waals surface area contributed by atoms with Gasteiger partial charge in [-0.05, 0) is 31.5 Å². The van der Waals surface area contributed by atoms with E-state index in [0.29, 0.717) is 19.5 Å². The second-order valence-electron chi connectivity index (χ2n) is 8.82. The van der Waals surface area contributed by atoms with E-state index in [1.165, 1.54) is 5.56 Å². The lowest BCUT2D eigenvalue weighted by Gasteiger charge is -2.42. The van der Waals surface area contributed by atoms with Gasteiger partial charge in [-0.1, -0.05) is 55.0 Å². The highest BCUT2D eigenvalue weighted by molar-refractivity contribution is 5.82. The molecule has 1 saturated heterocycles. The summed E-state index contributed by atoms with van der Waals surface area (Å²) in [6, 6.07) is 15.8. The highest BCUT2D eigenvalue weighted by atomic mass is 16.5. The van der Waals surface area contributed by atoms with Gasteiger partial charge in [0.15, 0.2) is 0 Å². The number of aryl methyl sites for hydroxylation is 1. The molecule has 0 radical (unpaired) electrons. The van der Waals surface area contributed by atoms with Crippen LogP contribution in [0.2, 0.25) is 0 Å². The standard InChI is InChI=1S/C25H33N3O2/c1-3-27-13-11-25(12-14-27)18-28(17-21-15-19(2)9-10-23(21)30-25)24(29)22(26)16-20-7-5-4-6-8-20/h4-10,15,22H,3,11-14,16-18,26H2,1-2H3/t22-/m0/s1. The van der Waals surface area contributed by atoms with Crippen molar-refractivity contribution < 1.29 is 9.53 Å². The molecule has 2 heterocycles. The number of nitrogens with two attached hydrogens (primary N) is 1. The fourth-order valence-electron chi connectivity index (χ4n) is 4.69. The second-order valence-corrected chi connectivity index (χ2v) is 8.82. The smallest absolute Gasteiger partial charge is 0.240 e. The first kappa shape index (κ1) is 20.9. The number of carbonyl (C=O) groups excluding carboxylic acids is 1. The summed E-state index contributed by atoms with van der Waals surface area (Å²) in [5.41, 5.74) is 9.40. The normalized spacial score (nSPS) is 19.6. The molecular formula is C25H33N3O2. The molecule has 0 aliphatic carbocycles. The monoisotopic (exact) mass is 407 g/mol. The van der Waals surface area contributed by atoms with Gasteiger partial charge in [0.1, 0.15) is 11.4 Å². The Bertz CT molecular complexity index is 875. The van der Waals surface area contributed by atoms with Crippen molar-refractivity contribution in [1.82, 2.24) is 9.80 Å². The summed E-state index contributed by atoms with van der Waals surface area (Å²) in [5.74, 6) is 0.923. The molecule has 4 rings (SSSR count). The molecule has 2 aromatic rings. The van der Waals surface area contributed by atoms with Crippen LogP contribution in [0.3, 0.4) is 0 Å². The van der Waals surface area contributed by atoms with Crippen molar-refractivity contribution in [1.29, 1.82) is 0 Å². The molecular weight excluding hydrogens is 374 g/mol. The van der Waals surface area contributed by atoms with Crippen molar-refractivity contribution >= 4 is 5.91 Å². The van der Waals surface area contributed by atoms with Gasteiger partial charge in [0.05, 0.1) is 12.6 Å². The van der Waals surface area contributed by atoms with Crippen LogP contribution in [-0.2, 0) is 17.8 Å². The Kier molecular flexibility index (Phi) is 6.11. The van der Waals surface area contributed by atoms with Crippen LogP contribution in [0, 0.1) is 6.92 Å².